The Morgan fingerprint density at radius 2 is 1.57 bits per heavy atom. The van der Waals surface area contributed by atoms with Gasteiger partial charge in [0.1, 0.15) is 0 Å². The number of aliphatic hydroxyl groups excluding tert-OH is 1. The summed E-state index contributed by atoms with van der Waals surface area (Å²) in [6, 6.07) is 0. The summed E-state index contributed by atoms with van der Waals surface area (Å²) in [4.78, 5) is 6.94. The molecule has 5 nitrogen and oxygen atoms in total. The molecule has 1 N–H and O–H groups in total. The molecule has 0 amide bonds. The molecule has 0 bridgehead atoms. The molecule has 2 aliphatic rings. The minimum absolute atomic E-state index is 0.258. The maximum Gasteiger partial charge on any atom is 0.0793 e. The van der Waals surface area contributed by atoms with E-state index >= 15 is 0 Å². The van der Waals surface area contributed by atoms with Gasteiger partial charge in [0, 0.05) is 52.4 Å². The van der Waals surface area contributed by atoms with Gasteiger partial charge in [0.05, 0.1) is 24.9 Å². The van der Waals surface area contributed by atoms with Crippen molar-refractivity contribution in [1.82, 2.24) is 14.7 Å². The molecule has 0 aliphatic carbocycles. The summed E-state index contributed by atoms with van der Waals surface area (Å²) < 4.78 is 5.73. The van der Waals surface area contributed by atoms with Gasteiger partial charge in [0.2, 0.25) is 0 Å². The molecule has 2 rings (SSSR count). The molecule has 0 aromatic carbocycles. The van der Waals surface area contributed by atoms with Crippen LogP contribution in [-0.4, -0.2) is 97.0 Å². The number of morpholine rings is 1. The van der Waals surface area contributed by atoms with Gasteiger partial charge < -0.3 is 9.84 Å². The summed E-state index contributed by atoms with van der Waals surface area (Å²) in [6.07, 6.45) is 5.57. The van der Waals surface area contributed by atoms with Crippen LogP contribution in [0.5, 0.6) is 0 Å². The second kappa shape index (κ2) is 8.11. The molecule has 0 saturated carbocycles. The van der Waals surface area contributed by atoms with Crippen molar-refractivity contribution >= 4 is 0 Å². The van der Waals surface area contributed by atoms with E-state index in [1.807, 2.05) is 0 Å². The third kappa shape index (κ3) is 5.57. The van der Waals surface area contributed by atoms with Gasteiger partial charge in [0.15, 0.2) is 0 Å². The van der Waals surface area contributed by atoms with Crippen molar-refractivity contribution in [2.45, 2.75) is 32.2 Å². The Morgan fingerprint density at radius 1 is 1.05 bits per heavy atom. The molecule has 0 spiro atoms. The molecule has 2 fully saturated rings. The maximum absolute atomic E-state index is 10.3. The first-order valence-corrected chi connectivity index (χ1v) is 8.01. The minimum atomic E-state index is -0.290. The highest BCUT2D eigenvalue weighted by atomic mass is 16.5. The van der Waals surface area contributed by atoms with E-state index in [1.54, 1.807) is 0 Å². The lowest BCUT2D eigenvalue weighted by Crippen LogP contribution is -2.52. The number of rotatable bonds is 5. The predicted octanol–water partition coefficient (Wildman–Crippen LogP) is -0.293. The van der Waals surface area contributed by atoms with Gasteiger partial charge in [-0.2, -0.15) is 0 Å². The number of hydrogen-bond acceptors (Lipinski definition) is 5. The topological polar surface area (TPSA) is 39.2 Å². The van der Waals surface area contributed by atoms with Crippen LogP contribution in [0.25, 0.3) is 0 Å². The highest BCUT2D eigenvalue weighted by Gasteiger charge is 2.25. The van der Waals surface area contributed by atoms with Crippen molar-refractivity contribution in [3.05, 3.63) is 0 Å². The van der Waals surface area contributed by atoms with E-state index in [9.17, 15) is 5.11 Å². The van der Waals surface area contributed by atoms with Crippen molar-refractivity contribution in [1.29, 1.82) is 0 Å². The Bertz CT molecular complexity index is 340. The van der Waals surface area contributed by atoms with E-state index in [4.69, 9.17) is 11.2 Å². The quantitative estimate of drug-likeness (QED) is 0.706. The normalized spacial score (nSPS) is 31.0. The summed E-state index contributed by atoms with van der Waals surface area (Å²) in [7, 11) is 0. The zero-order valence-corrected chi connectivity index (χ0v) is 13.4. The first kappa shape index (κ1) is 16.7. The van der Waals surface area contributed by atoms with Crippen LogP contribution < -0.4 is 0 Å². The van der Waals surface area contributed by atoms with E-state index in [1.165, 1.54) is 0 Å². The van der Waals surface area contributed by atoms with Crippen LogP contribution in [0, 0.1) is 12.3 Å². The molecule has 21 heavy (non-hydrogen) atoms. The zero-order chi connectivity index (χ0) is 15.2. The lowest BCUT2D eigenvalue weighted by molar-refractivity contribution is -0.0784. The van der Waals surface area contributed by atoms with E-state index in [0.717, 1.165) is 58.9 Å². The predicted molar refractivity (Wildman–Crippen MR) is 84.2 cm³/mol. The second-order valence-corrected chi connectivity index (χ2v) is 6.41. The molecule has 120 valence electrons. The fourth-order valence-electron chi connectivity index (χ4n) is 3.35. The average molecular weight is 295 g/mol. The summed E-state index contributed by atoms with van der Waals surface area (Å²) in [5.41, 5.74) is 0. The Morgan fingerprint density at radius 3 is 2.14 bits per heavy atom. The van der Waals surface area contributed by atoms with Gasteiger partial charge in [-0.25, -0.2) is 0 Å². The van der Waals surface area contributed by atoms with Crippen LogP contribution in [0.15, 0.2) is 0 Å². The number of piperazine rings is 1. The lowest BCUT2D eigenvalue weighted by atomic mass is 10.2. The van der Waals surface area contributed by atoms with E-state index in [0.29, 0.717) is 0 Å². The van der Waals surface area contributed by atoms with Gasteiger partial charge in [-0.15, -0.1) is 6.42 Å². The number of aliphatic hydroxyl groups is 1. The lowest BCUT2D eigenvalue weighted by Gasteiger charge is -2.38. The van der Waals surface area contributed by atoms with Crippen LogP contribution in [0.4, 0.5) is 0 Å². The van der Waals surface area contributed by atoms with Crippen LogP contribution in [0.3, 0.4) is 0 Å². The van der Waals surface area contributed by atoms with Crippen molar-refractivity contribution in [3.8, 4) is 12.3 Å². The Labute approximate surface area is 128 Å². The molecule has 2 saturated heterocycles. The molecule has 3 unspecified atom stereocenters. The van der Waals surface area contributed by atoms with Crippen molar-refractivity contribution in [3.63, 3.8) is 0 Å². The first-order chi connectivity index (χ1) is 10.1. The smallest absolute Gasteiger partial charge is 0.0793 e. The summed E-state index contributed by atoms with van der Waals surface area (Å²) >= 11 is 0. The fraction of sp³-hybridized carbons (Fsp3) is 0.875. The van der Waals surface area contributed by atoms with Crippen LogP contribution in [-0.2, 0) is 4.74 Å². The Hall–Kier alpha value is -0.640. The zero-order valence-electron chi connectivity index (χ0n) is 13.4. The third-order valence-electron chi connectivity index (χ3n) is 4.21. The maximum atomic E-state index is 10.3. The molecule has 2 aliphatic heterocycles. The number of β-amino-alcohol motifs (C(OH)–C–C–N with tert-alkyl or cyclic N) is 1. The number of ether oxygens (including phenoxy) is 1. The number of nitrogens with zero attached hydrogens (tertiary/aromatic N) is 3. The van der Waals surface area contributed by atoms with Crippen molar-refractivity contribution in [2.75, 3.05) is 58.9 Å². The van der Waals surface area contributed by atoms with Gasteiger partial charge in [0.25, 0.3) is 0 Å². The molecule has 5 heteroatoms. The fourth-order valence-corrected chi connectivity index (χ4v) is 3.35. The Kier molecular flexibility index (Phi) is 6.46. The summed E-state index contributed by atoms with van der Waals surface area (Å²) in [5.74, 6) is 2.69. The van der Waals surface area contributed by atoms with Gasteiger partial charge in [-0.1, -0.05) is 5.92 Å². The molecule has 2 heterocycles. The summed E-state index contributed by atoms with van der Waals surface area (Å²) in [5, 5.41) is 10.3. The SMILES string of the molecule is C#CCN1CCN(CC(O)CN2CC(C)OC(C)C2)CC1. The largest absolute Gasteiger partial charge is 0.390 e. The van der Waals surface area contributed by atoms with E-state index < -0.39 is 0 Å². The van der Waals surface area contributed by atoms with Gasteiger partial charge in [-0.05, 0) is 13.8 Å². The third-order valence-corrected chi connectivity index (χ3v) is 4.21. The summed E-state index contributed by atoms with van der Waals surface area (Å²) in [6.45, 7) is 12.2. The van der Waals surface area contributed by atoms with E-state index in [-0.39, 0.29) is 18.3 Å². The highest BCUT2D eigenvalue weighted by Crippen LogP contribution is 2.11. The number of hydrogen-bond donors (Lipinski definition) is 1. The molecular weight excluding hydrogens is 266 g/mol. The monoisotopic (exact) mass is 295 g/mol. The Balaban J connectivity index is 1.68. The van der Waals surface area contributed by atoms with Crippen LogP contribution in [0.1, 0.15) is 13.8 Å². The average Bonchev–Trinajstić information content (AvgIpc) is 2.40. The molecule has 0 radical (unpaired) electrons. The number of terminal acetylenes is 1. The first-order valence-electron chi connectivity index (χ1n) is 8.01. The van der Waals surface area contributed by atoms with Crippen molar-refractivity contribution in [2.24, 2.45) is 0 Å². The molecular formula is C16H29N3O2. The second-order valence-electron chi connectivity index (χ2n) is 6.41. The molecule has 3 atom stereocenters. The van der Waals surface area contributed by atoms with Gasteiger partial charge in [-0.3, -0.25) is 14.7 Å². The highest BCUT2D eigenvalue weighted by molar-refractivity contribution is 4.90. The van der Waals surface area contributed by atoms with Crippen LogP contribution >= 0.6 is 0 Å². The standard InChI is InChI=1S/C16H29N3O2/c1-4-5-17-6-8-18(9-7-17)12-16(20)13-19-10-14(2)21-15(3)11-19/h1,14-16,20H,5-13H2,2-3H3. The molecule has 0 aromatic rings. The van der Waals surface area contributed by atoms with Crippen LogP contribution in [0.2, 0.25) is 0 Å². The minimum Gasteiger partial charge on any atom is -0.390 e. The van der Waals surface area contributed by atoms with Gasteiger partial charge >= 0.3 is 0 Å². The molecule has 0 aromatic heterocycles. The van der Waals surface area contributed by atoms with Crippen molar-refractivity contribution < 1.29 is 9.84 Å². The van der Waals surface area contributed by atoms with E-state index in [2.05, 4.69) is 34.5 Å².